The zero-order valence-electron chi connectivity index (χ0n) is 15.4. The van der Waals surface area contributed by atoms with Gasteiger partial charge in [0.05, 0.1) is 11.7 Å². The van der Waals surface area contributed by atoms with Gasteiger partial charge in [0, 0.05) is 11.8 Å². The zero-order chi connectivity index (χ0) is 21.7. The van der Waals surface area contributed by atoms with E-state index in [0.717, 1.165) is 0 Å². The second kappa shape index (κ2) is 9.33. The summed E-state index contributed by atoms with van der Waals surface area (Å²) in [6.07, 6.45) is -1.45. The van der Waals surface area contributed by atoms with Crippen LogP contribution in [-0.4, -0.2) is 28.5 Å². The number of halogens is 4. The number of ether oxygens (including phenoxy) is 1. The van der Waals surface area contributed by atoms with E-state index in [1.54, 1.807) is 18.2 Å². The van der Waals surface area contributed by atoms with Crippen LogP contribution in [0.25, 0.3) is 5.76 Å². The number of carbonyl (C=O) groups is 1. The first-order valence-electron chi connectivity index (χ1n) is 8.37. The predicted molar refractivity (Wildman–Crippen MR) is 96.9 cm³/mol. The number of nitrogens with zero attached hydrogens (tertiary/aromatic N) is 1. The van der Waals surface area contributed by atoms with E-state index in [-0.39, 0.29) is 6.07 Å². The van der Waals surface area contributed by atoms with Crippen molar-refractivity contribution in [3.63, 3.8) is 0 Å². The molecule has 0 saturated carbocycles. The van der Waals surface area contributed by atoms with Crippen LogP contribution in [0.15, 0.2) is 47.0 Å². The van der Waals surface area contributed by atoms with E-state index >= 15 is 0 Å². The quantitative estimate of drug-likeness (QED) is 0.142. The molecular formula is C20H17F4NO4. The van der Waals surface area contributed by atoms with Gasteiger partial charge in [-0.3, -0.25) is 4.99 Å². The second-order valence-corrected chi connectivity index (χ2v) is 6.13. The Kier molecular flexibility index (Phi) is 7.11. The molecule has 0 aromatic heterocycles. The standard InChI is InChI=1S/C20H17F4NO4/c1-10(2)29-20(28)13(9-25-19(27)11-6-4-3-5-7-11)18(26)12-8-14(21)16(23)17(24)15(12)22/h3-10,19,26-27H,1-2H3/b18-13+,25-9+. The first-order valence-corrected chi connectivity index (χ1v) is 8.37. The Labute approximate surface area is 163 Å². The monoisotopic (exact) mass is 411 g/mol. The fraction of sp³-hybridized carbons (Fsp3) is 0.200. The summed E-state index contributed by atoms with van der Waals surface area (Å²) in [5.41, 5.74) is -1.57. The van der Waals surface area contributed by atoms with Gasteiger partial charge in [0.25, 0.3) is 0 Å². The van der Waals surface area contributed by atoms with E-state index in [2.05, 4.69) is 4.99 Å². The van der Waals surface area contributed by atoms with Crippen molar-refractivity contribution in [2.24, 2.45) is 4.99 Å². The highest BCUT2D eigenvalue weighted by atomic mass is 19.2. The average molecular weight is 411 g/mol. The summed E-state index contributed by atoms with van der Waals surface area (Å²) in [6, 6.07) is 8.18. The molecule has 2 N–H and O–H groups in total. The summed E-state index contributed by atoms with van der Waals surface area (Å²) in [5.74, 6) is -10.4. The second-order valence-electron chi connectivity index (χ2n) is 6.13. The van der Waals surface area contributed by atoms with Gasteiger partial charge in [0.15, 0.2) is 29.5 Å². The molecule has 1 atom stereocenters. The summed E-state index contributed by atoms with van der Waals surface area (Å²) in [6.45, 7) is 2.97. The zero-order valence-corrected chi connectivity index (χ0v) is 15.4. The molecule has 0 spiro atoms. The first kappa shape index (κ1) is 22.1. The van der Waals surface area contributed by atoms with E-state index < -0.39 is 58.5 Å². The number of hydrogen-bond donors (Lipinski definition) is 2. The molecule has 2 aromatic rings. The summed E-state index contributed by atoms with van der Waals surface area (Å²) in [4.78, 5) is 16.0. The number of aliphatic hydroxyl groups excluding tert-OH is 2. The van der Waals surface area contributed by atoms with Gasteiger partial charge in [-0.05, 0) is 19.9 Å². The van der Waals surface area contributed by atoms with Crippen molar-refractivity contribution in [1.82, 2.24) is 0 Å². The maximum atomic E-state index is 14.0. The third kappa shape index (κ3) is 5.20. The Morgan fingerprint density at radius 1 is 1.07 bits per heavy atom. The van der Waals surface area contributed by atoms with E-state index in [9.17, 15) is 32.6 Å². The Morgan fingerprint density at radius 3 is 2.28 bits per heavy atom. The molecule has 0 fully saturated rings. The fourth-order valence-electron chi connectivity index (χ4n) is 2.23. The average Bonchev–Trinajstić information content (AvgIpc) is 2.69. The third-order valence-corrected chi connectivity index (χ3v) is 3.62. The van der Waals surface area contributed by atoms with Crippen LogP contribution in [0.4, 0.5) is 17.6 Å². The molecule has 0 saturated heterocycles. The molecule has 2 rings (SSSR count). The van der Waals surface area contributed by atoms with Crippen molar-refractivity contribution in [2.45, 2.75) is 26.2 Å². The lowest BCUT2D eigenvalue weighted by Gasteiger charge is -2.12. The molecule has 0 amide bonds. The Bertz CT molecular complexity index is 959. The molecule has 2 aromatic carbocycles. The minimum absolute atomic E-state index is 0.188. The Hall–Kier alpha value is -3.20. The molecule has 9 heteroatoms. The fourth-order valence-corrected chi connectivity index (χ4v) is 2.23. The van der Waals surface area contributed by atoms with Gasteiger partial charge < -0.3 is 14.9 Å². The topological polar surface area (TPSA) is 79.1 Å². The molecule has 0 bridgehead atoms. The van der Waals surface area contributed by atoms with Crippen LogP contribution in [0.1, 0.15) is 31.2 Å². The minimum atomic E-state index is -2.16. The van der Waals surface area contributed by atoms with E-state index in [4.69, 9.17) is 4.74 Å². The van der Waals surface area contributed by atoms with Gasteiger partial charge in [0.2, 0.25) is 0 Å². The van der Waals surface area contributed by atoms with E-state index in [1.807, 2.05) is 0 Å². The lowest BCUT2D eigenvalue weighted by Crippen LogP contribution is -2.17. The van der Waals surface area contributed by atoms with E-state index in [1.165, 1.54) is 26.0 Å². The molecule has 5 nitrogen and oxygen atoms in total. The van der Waals surface area contributed by atoms with E-state index in [0.29, 0.717) is 11.8 Å². The first-order chi connectivity index (χ1) is 13.6. The molecule has 0 aliphatic heterocycles. The molecule has 29 heavy (non-hydrogen) atoms. The van der Waals surface area contributed by atoms with Crippen molar-refractivity contribution in [1.29, 1.82) is 0 Å². The van der Waals surface area contributed by atoms with Crippen molar-refractivity contribution in [2.75, 3.05) is 0 Å². The highest BCUT2D eigenvalue weighted by Gasteiger charge is 2.25. The van der Waals surface area contributed by atoms with Crippen molar-refractivity contribution < 1.29 is 37.3 Å². The largest absolute Gasteiger partial charge is 0.506 e. The normalized spacial score (nSPS) is 13.5. The number of rotatable bonds is 6. The van der Waals surface area contributed by atoms with Gasteiger partial charge in [-0.1, -0.05) is 30.3 Å². The van der Waals surface area contributed by atoms with Crippen LogP contribution in [0.3, 0.4) is 0 Å². The van der Waals surface area contributed by atoms with Crippen LogP contribution in [0.2, 0.25) is 0 Å². The highest BCUT2D eigenvalue weighted by Crippen LogP contribution is 2.26. The van der Waals surface area contributed by atoms with Gasteiger partial charge in [-0.25, -0.2) is 22.4 Å². The summed E-state index contributed by atoms with van der Waals surface area (Å²) >= 11 is 0. The molecule has 0 radical (unpaired) electrons. The van der Waals surface area contributed by atoms with Gasteiger partial charge >= 0.3 is 5.97 Å². The summed E-state index contributed by atoms with van der Waals surface area (Å²) in [7, 11) is 0. The lowest BCUT2D eigenvalue weighted by molar-refractivity contribution is -0.141. The maximum absolute atomic E-state index is 14.0. The molecule has 154 valence electrons. The Morgan fingerprint density at radius 2 is 1.69 bits per heavy atom. The number of carbonyl (C=O) groups excluding carboxylic acids is 1. The molecule has 0 aliphatic rings. The molecular weight excluding hydrogens is 394 g/mol. The number of hydrogen-bond acceptors (Lipinski definition) is 5. The number of esters is 1. The smallest absolute Gasteiger partial charge is 0.343 e. The van der Waals surface area contributed by atoms with Gasteiger partial charge in [0.1, 0.15) is 11.3 Å². The molecule has 1 unspecified atom stereocenters. The highest BCUT2D eigenvalue weighted by molar-refractivity contribution is 6.15. The van der Waals surface area contributed by atoms with Gasteiger partial charge in [-0.2, -0.15) is 0 Å². The molecule has 0 aliphatic carbocycles. The van der Waals surface area contributed by atoms with Crippen LogP contribution >= 0.6 is 0 Å². The van der Waals surface area contributed by atoms with Crippen LogP contribution in [0.5, 0.6) is 0 Å². The SMILES string of the molecule is CC(C)OC(=O)C(/C=N/C(O)c1ccccc1)=C(/O)c1cc(F)c(F)c(F)c1F. The number of aliphatic imine (C=N–C) groups is 1. The van der Waals surface area contributed by atoms with Gasteiger partial charge in [-0.15, -0.1) is 0 Å². The number of aliphatic hydroxyl groups is 2. The Balaban J connectivity index is 2.55. The predicted octanol–water partition coefficient (Wildman–Crippen LogP) is 4.23. The lowest BCUT2D eigenvalue weighted by atomic mass is 10.1. The minimum Gasteiger partial charge on any atom is -0.506 e. The van der Waals surface area contributed by atoms with Crippen LogP contribution < -0.4 is 0 Å². The van der Waals surface area contributed by atoms with Crippen LogP contribution in [-0.2, 0) is 9.53 Å². The van der Waals surface area contributed by atoms with Crippen molar-refractivity contribution in [3.05, 3.63) is 76.4 Å². The van der Waals surface area contributed by atoms with Crippen molar-refractivity contribution >= 4 is 17.9 Å². The third-order valence-electron chi connectivity index (χ3n) is 3.62. The summed E-state index contributed by atoms with van der Waals surface area (Å²) in [5, 5.41) is 20.3. The van der Waals surface area contributed by atoms with Crippen LogP contribution in [0, 0.1) is 23.3 Å². The number of benzene rings is 2. The summed E-state index contributed by atoms with van der Waals surface area (Å²) < 4.78 is 59.1. The van der Waals surface area contributed by atoms with Crippen molar-refractivity contribution in [3.8, 4) is 0 Å². The molecule has 0 heterocycles. The maximum Gasteiger partial charge on any atom is 0.343 e.